The Balaban J connectivity index is 1.18. The van der Waals surface area contributed by atoms with Crippen molar-refractivity contribution in [2.45, 2.75) is 17.4 Å². The summed E-state index contributed by atoms with van der Waals surface area (Å²) in [5.74, 6) is 0.583. The molecule has 0 bridgehead atoms. The molecule has 1 fully saturated rings. The van der Waals surface area contributed by atoms with Gasteiger partial charge in [-0.2, -0.15) is 0 Å². The molecule has 30 heavy (non-hydrogen) atoms. The lowest BCUT2D eigenvalue weighted by Gasteiger charge is -2.34. The highest BCUT2D eigenvalue weighted by Crippen LogP contribution is 2.26. The molecule has 6 nitrogen and oxygen atoms in total. The molecule has 0 saturated carbocycles. The van der Waals surface area contributed by atoms with E-state index in [1.54, 1.807) is 0 Å². The topological polar surface area (TPSA) is 61.4 Å². The molecule has 1 amide bonds. The summed E-state index contributed by atoms with van der Waals surface area (Å²) in [4.78, 5) is 16.9. The smallest absolute Gasteiger partial charge is 0.233 e. The summed E-state index contributed by atoms with van der Waals surface area (Å²) in [6.07, 6.45) is 0. The number of hydrogen-bond acceptors (Lipinski definition) is 7. The van der Waals surface area contributed by atoms with Gasteiger partial charge in [0.15, 0.2) is 4.34 Å². The van der Waals surface area contributed by atoms with Gasteiger partial charge in [0.1, 0.15) is 0 Å². The maximum Gasteiger partial charge on any atom is 0.233 e. The maximum atomic E-state index is 12.6. The Labute approximate surface area is 185 Å². The molecule has 1 N–H and O–H groups in total. The molecule has 2 aromatic carbocycles. The number of aromatic nitrogens is 2. The minimum atomic E-state index is 0.174. The van der Waals surface area contributed by atoms with E-state index in [1.165, 1.54) is 34.2 Å². The molecule has 1 aliphatic rings. The van der Waals surface area contributed by atoms with Gasteiger partial charge in [0, 0.05) is 39.3 Å². The number of thioether (sulfide) groups is 1. The van der Waals surface area contributed by atoms with E-state index < -0.39 is 0 Å². The lowest BCUT2D eigenvalue weighted by molar-refractivity contribution is -0.130. The Morgan fingerprint density at radius 1 is 0.933 bits per heavy atom. The molecule has 0 atom stereocenters. The second-order valence-electron chi connectivity index (χ2n) is 7.14. The number of benzene rings is 2. The molecule has 1 aromatic heterocycles. The molecule has 0 radical (unpaired) electrons. The van der Waals surface area contributed by atoms with Gasteiger partial charge in [0.05, 0.1) is 5.75 Å². The van der Waals surface area contributed by atoms with Crippen molar-refractivity contribution >= 4 is 34.1 Å². The van der Waals surface area contributed by atoms with Crippen LogP contribution in [0.3, 0.4) is 0 Å². The van der Waals surface area contributed by atoms with Gasteiger partial charge in [-0.3, -0.25) is 9.69 Å². The predicted molar refractivity (Wildman–Crippen MR) is 123 cm³/mol. The first-order chi connectivity index (χ1) is 14.8. The van der Waals surface area contributed by atoms with Crippen LogP contribution in [0, 0.1) is 0 Å². The Kier molecular flexibility index (Phi) is 7.34. The van der Waals surface area contributed by atoms with Gasteiger partial charge in [-0.15, -0.1) is 10.2 Å². The number of piperazine rings is 1. The van der Waals surface area contributed by atoms with Gasteiger partial charge in [-0.05, 0) is 11.1 Å². The number of hydrogen-bond donors (Lipinski definition) is 1. The first kappa shape index (κ1) is 20.8. The molecular weight excluding hydrogens is 414 g/mol. The summed E-state index contributed by atoms with van der Waals surface area (Å²) < 4.78 is 0.821. The Morgan fingerprint density at radius 3 is 2.30 bits per heavy atom. The average molecular weight is 440 g/mol. The van der Waals surface area contributed by atoms with Gasteiger partial charge < -0.3 is 10.2 Å². The van der Waals surface area contributed by atoms with Gasteiger partial charge in [0.25, 0.3) is 0 Å². The zero-order valence-electron chi connectivity index (χ0n) is 16.7. The van der Waals surface area contributed by atoms with Crippen molar-refractivity contribution < 1.29 is 4.79 Å². The molecule has 1 aliphatic heterocycles. The second-order valence-corrected chi connectivity index (χ2v) is 9.34. The van der Waals surface area contributed by atoms with Crippen molar-refractivity contribution in [1.82, 2.24) is 20.0 Å². The predicted octanol–water partition coefficient (Wildman–Crippen LogP) is 3.59. The van der Waals surface area contributed by atoms with E-state index in [4.69, 9.17) is 0 Å². The number of anilines is 1. The summed E-state index contributed by atoms with van der Waals surface area (Å²) in [6, 6.07) is 20.7. The molecule has 0 unspecified atom stereocenters. The zero-order valence-corrected chi connectivity index (χ0v) is 18.4. The van der Waals surface area contributed by atoms with Crippen molar-refractivity contribution in [3.63, 3.8) is 0 Å². The van der Waals surface area contributed by atoms with E-state index in [1.807, 2.05) is 29.2 Å². The Morgan fingerprint density at radius 2 is 1.60 bits per heavy atom. The fraction of sp³-hybridized carbons (Fsp3) is 0.318. The van der Waals surface area contributed by atoms with Crippen LogP contribution in [0.25, 0.3) is 0 Å². The van der Waals surface area contributed by atoms with Crippen LogP contribution in [0.2, 0.25) is 0 Å². The van der Waals surface area contributed by atoms with Crippen molar-refractivity contribution in [1.29, 1.82) is 0 Å². The van der Waals surface area contributed by atoms with E-state index >= 15 is 0 Å². The van der Waals surface area contributed by atoms with Gasteiger partial charge in [-0.1, -0.05) is 83.8 Å². The highest BCUT2D eigenvalue weighted by molar-refractivity contribution is 8.01. The highest BCUT2D eigenvalue weighted by Gasteiger charge is 2.21. The zero-order chi connectivity index (χ0) is 20.6. The number of nitrogens with one attached hydrogen (secondary N) is 1. The fourth-order valence-corrected chi connectivity index (χ4v) is 4.98. The number of carbonyl (C=O) groups excluding carboxylic acids is 1. The van der Waals surface area contributed by atoms with Crippen molar-refractivity contribution in [2.75, 3.05) is 37.2 Å². The third-order valence-electron chi connectivity index (χ3n) is 4.99. The van der Waals surface area contributed by atoms with Crippen LogP contribution < -0.4 is 5.32 Å². The van der Waals surface area contributed by atoms with Crippen molar-refractivity contribution in [3.05, 3.63) is 71.8 Å². The third-order valence-corrected chi connectivity index (χ3v) is 6.99. The highest BCUT2D eigenvalue weighted by atomic mass is 32.2. The largest absolute Gasteiger partial charge is 0.356 e. The summed E-state index contributed by atoms with van der Waals surface area (Å²) in [5.41, 5.74) is 2.52. The average Bonchev–Trinajstić information content (AvgIpc) is 3.26. The SMILES string of the molecule is O=C(CSc1nnc(NCc2ccccc2)s1)N1CCN(Cc2ccccc2)CC1. The Bertz CT molecular complexity index is 927. The van der Waals surface area contributed by atoms with Crippen LogP contribution in [-0.2, 0) is 17.9 Å². The molecule has 4 rings (SSSR count). The molecule has 0 aliphatic carbocycles. The molecule has 1 saturated heterocycles. The van der Waals surface area contributed by atoms with E-state index in [0.717, 1.165) is 42.2 Å². The quantitative estimate of drug-likeness (QED) is 0.542. The second kappa shape index (κ2) is 10.6. The molecule has 0 spiro atoms. The number of amides is 1. The molecule has 2 heterocycles. The fourth-order valence-electron chi connectivity index (χ4n) is 3.32. The number of nitrogens with zero attached hydrogens (tertiary/aromatic N) is 4. The summed E-state index contributed by atoms with van der Waals surface area (Å²) in [5, 5.41) is 12.4. The van der Waals surface area contributed by atoms with Gasteiger partial charge in [-0.25, -0.2) is 0 Å². The van der Waals surface area contributed by atoms with Crippen LogP contribution in [0.15, 0.2) is 65.0 Å². The normalized spacial score (nSPS) is 14.6. The monoisotopic (exact) mass is 439 g/mol. The first-order valence-corrected chi connectivity index (χ1v) is 11.8. The minimum absolute atomic E-state index is 0.174. The number of carbonyl (C=O) groups is 1. The van der Waals surface area contributed by atoms with Crippen LogP contribution in [0.4, 0.5) is 5.13 Å². The van der Waals surface area contributed by atoms with E-state index in [0.29, 0.717) is 12.3 Å². The van der Waals surface area contributed by atoms with Crippen LogP contribution in [0.1, 0.15) is 11.1 Å². The molecule has 8 heteroatoms. The maximum absolute atomic E-state index is 12.6. The van der Waals surface area contributed by atoms with Crippen molar-refractivity contribution in [3.8, 4) is 0 Å². The lowest BCUT2D eigenvalue weighted by Crippen LogP contribution is -2.48. The molecule has 156 valence electrons. The Hall–Kier alpha value is -2.42. The molecule has 3 aromatic rings. The van der Waals surface area contributed by atoms with Crippen LogP contribution in [-0.4, -0.2) is 57.8 Å². The molecular formula is C22H25N5OS2. The van der Waals surface area contributed by atoms with Crippen LogP contribution in [0.5, 0.6) is 0 Å². The standard InChI is InChI=1S/C22H25N5OS2/c28-20(27-13-11-26(12-14-27)16-19-9-5-2-6-10-19)17-29-22-25-24-21(30-22)23-15-18-7-3-1-4-8-18/h1-10H,11-17H2,(H,23,24). The van der Waals surface area contributed by atoms with E-state index in [-0.39, 0.29) is 5.91 Å². The van der Waals surface area contributed by atoms with Crippen molar-refractivity contribution in [2.24, 2.45) is 0 Å². The van der Waals surface area contributed by atoms with Gasteiger partial charge in [0.2, 0.25) is 11.0 Å². The van der Waals surface area contributed by atoms with E-state index in [9.17, 15) is 4.79 Å². The number of rotatable bonds is 8. The lowest BCUT2D eigenvalue weighted by atomic mass is 10.2. The summed E-state index contributed by atoms with van der Waals surface area (Å²) in [7, 11) is 0. The third kappa shape index (κ3) is 6.04. The summed E-state index contributed by atoms with van der Waals surface area (Å²) >= 11 is 2.96. The van der Waals surface area contributed by atoms with Crippen LogP contribution >= 0.6 is 23.1 Å². The summed E-state index contributed by atoms with van der Waals surface area (Å²) in [6.45, 7) is 5.06. The minimum Gasteiger partial charge on any atom is -0.356 e. The van der Waals surface area contributed by atoms with Gasteiger partial charge >= 0.3 is 0 Å². The first-order valence-electron chi connectivity index (χ1n) is 10.0. The van der Waals surface area contributed by atoms with E-state index in [2.05, 4.69) is 56.8 Å².